The minimum Gasteiger partial charge on any atom is -0.455 e. The summed E-state index contributed by atoms with van der Waals surface area (Å²) in [5.41, 5.74) is 4.31. The highest BCUT2D eigenvalue weighted by atomic mass is 35.5. The van der Waals surface area contributed by atoms with E-state index in [1.54, 1.807) is 0 Å². The van der Waals surface area contributed by atoms with Crippen LogP contribution < -0.4 is 5.43 Å². The van der Waals surface area contributed by atoms with Gasteiger partial charge in [-0.3, -0.25) is 19.7 Å². The molecule has 1 unspecified atom stereocenters. The van der Waals surface area contributed by atoms with Gasteiger partial charge in [0.15, 0.2) is 5.76 Å². The lowest BCUT2D eigenvalue weighted by atomic mass is 9.93. The third-order valence-electron chi connectivity index (χ3n) is 6.28. The number of amides is 2. The van der Waals surface area contributed by atoms with Crippen molar-refractivity contribution in [2.45, 2.75) is 58.4 Å². The first-order valence-corrected chi connectivity index (χ1v) is 11.4. The molecule has 4 rings (SSSR count). The van der Waals surface area contributed by atoms with Gasteiger partial charge in [-0.15, -0.1) is 0 Å². The van der Waals surface area contributed by atoms with Crippen LogP contribution in [-0.2, 0) is 6.42 Å². The fourth-order valence-corrected chi connectivity index (χ4v) is 4.68. The van der Waals surface area contributed by atoms with Crippen LogP contribution in [0, 0.1) is 17.0 Å². The number of carbonyl (C=O) groups is 2. The lowest BCUT2D eigenvalue weighted by molar-refractivity contribution is -0.384. The Morgan fingerprint density at radius 3 is 2.79 bits per heavy atom. The summed E-state index contributed by atoms with van der Waals surface area (Å²) in [7, 11) is 0. The van der Waals surface area contributed by atoms with Gasteiger partial charge >= 0.3 is 0 Å². The average Bonchev–Trinajstić information content (AvgIpc) is 3.14. The molecule has 9 nitrogen and oxygen atoms in total. The fraction of sp³-hybridized carbons (Fsp3) is 0.435. The number of nitro groups is 1. The maximum atomic E-state index is 13.2. The standard InChI is InChI=1S/C23H25ClN4O5/c1-13-6-3-4-11-27(13)23(30)21-14(2)20-17(7-5-8-19(20)33-21)25-26-22(29)15-9-10-16(24)18(12-15)28(31)32/h9-10,12-13H,3-8,11H2,1-2H3,(H,26,29)/b25-17+. The summed E-state index contributed by atoms with van der Waals surface area (Å²) in [6.07, 6.45) is 5.15. The van der Waals surface area contributed by atoms with E-state index >= 15 is 0 Å². The SMILES string of the molecule is Cc1c(C(=O)N2CCCCC2C)oc2c1/C(=N/NC(=O)c1ccc(Cl)c([N+](=O)[O-])c1)CCC2. The number of benzene rings is 1. The Morgan fingerprint density at radius 2 is 2.06 bits per heavy atom. The van der Waals surface area contributed by atoms with E-state index < -0.39 is 10.8 Å². The molecule has 2 aromatic rings. The molecular formula is C23H25ClN4O5. The number of nitrogens with one attached hydrogen (secondary N) is 1. The average molecular weight is 473 g/mol. The molecule has 1 atom stereocenters. The van der Waals surface area contributed by atoms with E-state index in [2.05, 4.69) is 17.5 Å². The van der Waals surface area contributed by atoms with Gasteiger partial charge in [0.2, 0.25) is 0 Å². The molecule has 1 N–H and O–H groups in total. The molecule has 2 amide bonds. The van der Waals surface area contributed by atoms with Gasteiger partial charge in [-0.05, 0) is 58.1 Å². The number of carbonyl (C=O) groups excluding carboxylic acids is 2. The number of piperidine rings is 1. The molecule has 0 bridgehead atoms. The van der Waals surface area contributed by atoms with E-state index in [-0.39, 0.29) is 28.2 Å². The largest absolute Gasteiger partial charge is 0.455 e. The number of furan rings is 1. The Balaban J connectivity index is 1.58. The van der Waals surface area contributed by atoms with Crippen LogP contribution in [0.25, 0.3) is 0 Å². The zero-order valence-electron chi connectivity index (χ0n) is 18.5. The molecule has 0 spiro atoms. The third kappa shape index (κ3) is 4.50. The number of nitro benzene ring substituents is 1. The number of hydrazone groups is 1. The van der Waals surface area contributed by atoms with Gasteiger partial charge in [-0.1, -0.05) is 11.6 Å². The zero-order chi connectivity index (χ0) is 23.7. The van der Waals surface area contributed by atoms with E-state index in [4.69, 9.17) is 16.0 Å². The van der Waals surface area contributed by atoms with Crippen molar-refractivity contribution in [1.82, 2.24) is 10.3 Å². The van der Waals surface area contributed by atoms with Crippen molar-refractivity contribution in [3.63, 3.8) is 0 Å². The van der Waals surface area contributed by atoms with Crippen LogP contribution in [0.3, 0.4) is 0 Å². The minimum absolute atomic E-state index is 0.0472. The molecule has 1 saturated heterocycles. The highest BCUT2D eigenvalue weighted by Gasteiger charge is 2.32. The highest BCUT2D eigenvalue weighted by Crippen LogP contribution is 2.32. The van der Waals surface area contributed by atoms with Gasteiger partial charge in [-0.25, -0.2) is 5.43 Å². The third-order valence-corrected chi connectivity index (χ3v) is 6.60. The first-order valence-electron chi connectivity index (χ1n) is 11.0. The van der Waals surface area contributed by atoms with Crippen LogP contribution in [0.15, 0.2) is 27.7 Å². The van der Waals surface area contributed by atoms with E-state index in [0.717, 1.165) is 49.4 Å². The lowest BCUT2D eigenvalue weighted by Gasteiger charge is -2.32. The first-order chi connectivity index (χ1) is 15.8. The molecule has 10 heteroatoms. The van der Waals surface area contributed by atoms with Gasteiger partial charge in [0.1, 0.15) is 10.8 Å². The highest BCUT2D eigenvalue weighted by molar-refractivity contribution is 6.32. The van der Waals surface area contributed by atoms with Crippen molar-refractivity contribution in [1.29, 1.82) is 0 Å². The second-order valence-corrected chi connectivity index (χ2v) is 8.88. The number of halogens is 1. The van der Waals surface area contributed by atoms with Crippen molar-refractivity contribution in [3.8, 4) is 0 Å². The molecule has 1 aromatic heterocycles. The Bertz CT molecular complexity index is 1160. The van der Waals surface area contributed by atoms with E-state index in [0.29, 0.717) is 30.1 Å². The summed E-state index contributed by atoms with van der Waals surface area (Å²) >= 11 is 5.82. The molecule has 2 heterocycles. The van der Waals surface area contributed by atoms with Crippen LogP contribution in [0.2, 0.25) is 5.02 Å². The second-order valence-electron chi connectivity index (χ2n) is 8.47. The van der Waals surface area contributed by atoms with Crippen LogP contribution >= 0.6 is 11.6 Å². The van der Waals surface area contributed by atoms with Gasteiger partial charge < -0.3 is 9.32 Å². The quantitative estimate of drug-likeness (QED) is 0.513. The smallest absolute Gasteiger partial charge is 0.290 e. The molecule has 174 valence electrons. The number of nitrogens with zero attached hydrogens (tertiary/aromatic N) is 3. The summed E-state index contributed by atoms with van der Waals surface area (Å²) < 4.78 is 6.00. The fourth-order valence-electron chi connectivity index (χ4n) is 4.49. The Hall–Kier alpha value is -3.20. The number of aryl methyl sites for hydroxylation is 1. The number of hydrogen-bond donors (Lipinski definition) is 1. The van der Waals surface area contributed by atoms with Crippen molar-refractivity contribution < 1.29 is 18.9 Å². The molecule has 0 radical (unpaired) electrons. The van der Waals surface area contributed by atoms with Crippen molar-refractivity contribution in [3.05, 3.63) is 61.5 Å². The first kappa shape index (κ1) is 23.0. The second kappa shape index (κ2) is 9.35. The van der Waals surface area contributed by atoms with Crippen LogP contribution in [0.4, 0.5) is 5.69 Å². The summed E-state index contributed by atoms with van der Waals surface area (Å²) in [4.78, 5) is 38.0. The summed E-state index contributed by atoms with van der Waals surface area (Å²) in [6.45, 7) is 4.61. The lowest BCUT2D eigenvalue weighted by Crippen LogP contribution is -2.42. The van der Waals surface area contributed by atoms with Gasteiger partial charge in [0, 0.05) is 41.8 Å². The predicted octanol–water partition coefficient (Wildman–Crippen LogP) is 4.63. The number of likely N-dealkylation sites (tertiary alicyclic amines) is 1. The van der Waals surface area contributed by atoms with Gasteiger partial charge in [0.25, 0.3) is 17.5 Å². The van der Waals surface area contributed by atoms with Crippen LogP contribution in [-0.4, -0.2) is 39.9 Å². The maximum absolute atomic E-state index is 13.2. The number of rotatable bonds is 4. The molecular weight excluding hydrogens is 448 g/mol. The molecule has 1 aliphatic carbocycles. The molecule has 1 fully saturated rings. The number of fused-ring (bicyclic) bond motifs is 1. The van der Waals surface area contributed by atoms with E-state index in [1.165, 1.54) is 12.1 Å². The molecule has 2 aliphatic rings. The van der Waals surface area contributed by atoms with Crippen molar-refractivity contribution in [2.24, 2.45) is 5.10 Å². The van der Waals surface area contributed by atoms with Gasteiger partial charge in [-0.2, -0.15) is 5.10 Å². The zero-order valence-corrected chi connectivity index (χ0v) is 19.3. The van der Waals surface area contributed by atoms with E-state index in [1.807, 2.05) is 11.8 Å². The number of hydrogen-bond acceptors (Lipinski definition) is 6. The Kier molecular flexibility index (Phi) is 6.51. The van der Waals surface area contributed by atoms with Gasteiger partial charge in [0.05, 0.1) is 10.6 Å². The van der Waals surface area contributed by atoms with Crippen LogP contribution in [0.1, 0.15) is 76.8 Å². The molecule has 1 aromatic carbocycles. The monoisotopic (exact) mass is 472 g/mol. The normalized spacial score (nSPS) is 19.3. The topological polar surface area (TPSA) is 118 Å². The molecule has 0 saturated carbocycles. The summed E-state index contributed by atoms with van der Waals surface area (Å²) in [6, 6.07) is 3.99. The summed E-state index contributed by atoms with van der Waals surface area (Å²) in [5.74, 6) is 0.338. The minimum atomic E-state index is -0.644. The molecule has 1 aliphatic heterocycles. The van der Waals surface area contributed by atoms with Crippen molar-refractivity contribution in [2.75, 3.05) is 6.54 Å². The van der Waals surface area contributed by atoms with Crippen molar-refractivity contribution >= 4 is 34.8 Å². The molecule has 33 heavy (non-hydrogen) atoms. The van der Waals surface area contributed by atoms with E-state index in [9.17, 15) is 19.7 Å². The van der Waals surface area contributed by atoms with Crippen LogP contribution in [0.5, 0.6) is 0 Å². The predicted molar refractivity (Wildman–Crippen MR) is 123 cm³/mol. The summed E-state index contributed by atoms with van der Waals surface area (Å²) in [5, 5.41) is 15.3. The Labute approximate surface area is 195 Å². The Morgan fingerprint density at radius 1 is 1.27 bits per heavy atom. The maximum Gasteiger partial charge on any atom is 0.290 e.